The first-order valence-electron chi connectivity index (χ1n) is 21.0. The smallest absolute Gasteiger partial charge is 0.408 e. The summed E-state index contributed by atoms with van der Waals surface area (Å²) < 4.78 is 43.3. The summed E-state index contributed by atoms with van der Waals surface area (Å²) in [4.78, 5) is 68.5. The maximum absolute atomic E-state index is 12.6. The molecule has 0 spiro atoms. The van der Waals surface area contributed by atoms with Crippen molar-refractivity contribution in [3.8, 4) is 23.0 Å². The molecule has 0 saturated heterocycles. The molecule has 2 aromatic carbocycles. The van der Waals surface area contributed by atoms with E-state index in [1.807, 2.05) is 24.3 Å². The topological polar surface area (TPSA) is 266 Å². The molecule has 0 saturated carbocycles. The van der Waals surface area contributed by atoms with E-state index in [9.17, 15) is 19.2 Å². The highest BCUT2D eigenvalue weighted by atomic mass is 16.6. The van der Waals surface area contributed by atoms with Gasteiger partial charge in [0.1, 0.15) is 47.5 Å². The van der Waals surface area contributed by atoms with Crippen LogP contribution in [0, 0.1) is 0 Å². The number of aromatic nitrogens is 4. The predicted molar refractivity (Wildman–Crippen MR) is 245 cm³/mol. The highest BCUT2D eigenvalue weighted by Crippen LogP contribution is 2.32. The molecular formula is C44H62N10O12. The van der Waals surface area contributed by atoms with E-state index >= 15 is 0 Å². The first-order valence-corrected chi connectivity index (χ1v) is 21.0. The summed E-state index contributed by atoms with van der Waals surface area (Å²) in [5, 5.41) is 17.8. The number of carbonyl (C=O) groups is 4. The number of anilines is 4. The number of rotatable bonds is 22. The summed E-state index contributed by atoms with van der Waals surface area (Å²) in [5.74, 6) is 1.72. The molecule has 360 valence electrons. The van der Waals surface area contributed by atoms with Gasteiger partial charge < -0.3 is 69.8 Å². The van der Waals surface area contributed by atoms with Crippen molar-refractivity contribution < 1.29 is 57.1 Å². The van der Waals surface area contributed by atoms with Crippen LogP contribution in [0.2, 0.25) is 0 Å². The Morgan fingerprint density at radius 1 is 0.530 bits per heavy atom. The van der Waals surface area contributed by atoms with Gasteiger partial charge in [0, 0.05) is 13.1 Å². The van der Waals surface area contributed by atoms with E-state index in [0.29, 0.717) is 45.7 Å². The maximum atomic E-state index is 12.6. The summed E-state index contributed by atoms with van der Waals surface area (Å²) in [6, 6.07) is 11.0. The minimum atomic E-state index is -0.748. The Labute approximate surface area is 383 Å². The summed E-state index contributed by atoms with van der Waals surface area (Å²) in [6.45, 7) is 13.5. The van der Waals surface area contributed by atoms with E-state index in [1.54, 1.807) is 96.0 Å². The molecule has 4 rings (SSSR count). The second kappa shape index (κ2) is 23.6. The first kappa shape index (κ1) is 51.4. The van der Waals surface area contributed by atoms with Gasteiger partial charge in [-0.2, -0.15) is 9.97 Å². The Balaban J connectivity index is 1.66. The lowest BCUT2D eigenvalue weighted by Crippen LogP contribution is -2.37. The summed E-state index contributed by atoms with van der Waals surface area (Å²) in [5.41, 5.74) is 0.805. The predicted octanol–water partition coefficient (Wildman–Crippen LogP) is 5.42. The zero-order chi connectivity index (χ0) is 48.6. The average Bonchev–Trinajstić information content (AvgIpc) is 3.25. The van der Waals surface area contributed by atoms with Gasteiger partial charge >= 0.3 is 24.1 Å². The number of nitrogens with zero attached hydrogens (tertiary/aromatic N) is 4. The highest BCUT2D eigenvalue weighted by Gasteiger charge is 2.22. The van der Waals surface area contributed by atoms with Crippen molar-refractivity contribution in [2.45, 2.75) is 91.9 Å². The van der Waals surface area contributed by atoms with Crippen LogP contribution in [0.5, 0.6) is 23.0 Å². The molecule has 22 heteroatoms. The third-order valence-electron chi connectivity index (χ3n) is 8.67. The number of carbonyl (C=O) groups excluding carboxylic acids is 4. The Morgan fingerprint density at radius 2 is 0.894 bits per heavy atom. The minimum absolute atomic E-state index is 0.0810. The van der Waals surface area contributed by atoms with Crippen LogP contribution in [0.3, 0.4) is 0 Å². The molecule has 0 aliphatic heterocycles. The van der Waals surface area contributed by atoms with Crippen LogP contribution >= 0.6 is 0 Å². The van der Waals surface area contributed by atoms with Crippen LogP contribution in [0.4, 0.5) is 33.1 Å². The molecule has 2 atom stereocenters. The summed E-state index contributed by atoms with van der Waals surface area (Å²) in [6.07, 6.45) is -2.87. The number of hydrogen-bond donors (Lipinski definition) is 6. The third kappa shape index (κ3) is 16.7. The molecule has 2 heterocycles. The number of amides is 2. The van der Waals surface area contributed by atoms with Gasteiger partial charge in [-0.3, -0.25) is 9.59 Å². The van der Waals surface area contributed by atoms with Crippen molar-refractivity contribution in [3.63, 3.8) is 0 Å². The average molecular weight is 923 g/mol. The molecule has 6 N–H and O–H groups in total. The summed E-state index contributed by atoms with van der Waals surface area (Å²) >= 11 is 0. The molecule has 2 aromatic heterocycles. The van der Waals surface area contributed by atoms with Gasteiger partial charge in [-0.05, 0) is 90.8 Å². The van der Waals surface area contributed by atoms with Crippen LogP contribution in [0.1, 0.15) is 66.5 Å². The normalized spacial score (nSPS) is 12.1. The van der Waals surface area contributed by atoms with Gasteiger partial charge in [0.05, 0.1) is 41.5 Å². The molecular weight excluding hydrogens is 861 g/mol. The Morgan fingerprint density at radius 3 is 1.23 bits per heavy atom. The Kier molecular flexibility index (Phi) is 18.4. The quantitative estimate of drug-likeness (QED) is 0.0425. The molecule has 4 aromatic rings. The second-order valence-electron chi connectivity index (χ2n) is 16.6. The van der Waals surface area contributed by atoms with Crippen LogP contribution in [-0.2, 0) is 41.6 Å². The molecule has 66 heavy (non-hydrogen) atoms. The van der Waals surface area contributed by atoms with E-state index in [2.05, 4.69) is 31.9 Å². The standard InChI is InChI=1S/C44H62N10O12/c1-25(63-33(55)23-49-41(57)65-43(3,4)5)19-47-39-51-35-36(37(53-39)45-21-27-13-15-29(59-9)31(17-27)61-11)52-40(48-20-26(2)64-34(56)24-50-42(58)66-44(6,7)8)54-38(35)46-22-28-14-16-30(60-10)32(18-28)62-12/h13-18,25-26H,19-24H2,1-12H3,(H,49,57)(H,50,58)(H2,45,47,51,53)(H2,46,48,52,54). The van der Waals surface area contributed by atoms with Crippen molar-refractivity contribution >= 4 is 58.7 Å². The Hall–Kier alpha value is -7.26. The molecule has 0 aliphatic carbocycles. The molecule has 22 nitrogen and oxygen atoms in total. The maximum Gasteiger partial charge on any atom is 0.408 e. The number of methoxy groups -OCH3 is 4. The van der Waals surface area contributed by atoms with E-state index in [4.69, 9.17) is 57.8 Å². The number of hydrogen-bond acceptors (Lipinski definition) is 20. The number of nitrogens with one attached hydrogen (secondary N) is 6. The highest BCUT2D eigenvalue weighted by molar-refractivity contribution is 5.94. The molecule has 2 unspecified atom stereocenters. The van der Waals surface area contributed by atoms with Gasteiger partial charge in [-0.15, -0.1) is 0 Å². The lowest BCUT2D eigenvalue weighted by Gasteiger charge is -2.20. The fourth-order valence-electron chi connectivity index (χ4n) is 5.78. The molecule has 0 bridgehead atoms. The fraction of sp³-hybridized carbons (Fsp3) is 0.500. The second-order valence-corrected chi connectivity index (χ2v) is 16.6. The van der Waals surface area contributed by atoms with Gasteiger partial charge in [0.2, 0.25) is 11.9 Å². The van der Waals surface area contributed by atoms with E-state index in [1.165, 1.54) is 0 Å². The lowest BCUT2D eigenvalue weighted by molar-refractivity contribution is -0.147. The molecule has 0 fully saturated rings. The van der Waals surface area contributed by atoms with Crippen LogP contribution in [0.25, 0.3) is 11.0 Å². The number of esters is 2. The molecule has 2 amide bonds. The summed E-state index contributed by atoms with van der Waals surface area (Å²) in [7, 11) is 6.20. The van der Waals surface area contributed by atoms with Crippen molar-refractivity contribution in [2.24, 2.45) is 0 Å². The monoisotopic (exact) mass is 922 g/mol. The van der Waals surface area contributed by atoms with Crippen LogP contribution < -0.4 is 50.8 Å². The van der Waals surface area contributed by atoms with Crippen molar-refractivity contribution in [1.82, 2.24) is 30.6 Å². The van der Waals surface area contributed by atoms with E-state index in [0.717, 1.165) is 11.1 Å². The SMILES string of the molecule is COc1ccc(CNc2nc(NCC(C)OC(=O)CNC(=O)OC(C)(C)C)nc3c(NCc4ccc(OC)c(OC)c4)nc(NCC(C)OC(=O)CNC(=O)OC(C)(C)C)nc23)cc1OC. The number of benzene rings is 2. The fourth-order valence-corrected chi connectivity index (χ4v) is 5.78. The molecule has 0 radical (unpaired) electrons. The molecule has 0 aliphatic rings. The lowest BCUT2D eigenvalue weighted by atomic mass is 10.2. The zero-order valence-electron chi connectivity index (χ0n) is 39.5. The number of ether oxygens (including phenoxy) is 8. The Bertz CT molecular complexity index is 2140. The van der Waals surface area contributed by atoms with Crippen LogP contribution in [0.15, 0.2) is 36.4 Å². The van der Waals surface area contributed by atoms with E-state index < -0.39 is 60.6 Å². The van der Waals surface area contributed by atoms with Crippen molar-refractivity contribution in [2.75, 3.05) is 75.9 Å². The van der Waals surface area contributed by atoms with Gasteiger partial charge in [0.25, 0.3) is 0 Å². The number of alkyl carbamates (subject to hydrolysis) is 2. The van der Waals surface area contributed by atoms with Crippen molar-refractivity contribution in [1.29, 1.82) is 0 Å². The van der Waals surface area contributed by atoms with Gasteiger partial charge in [-0.25, -0.2) is 19.6 Å². The minimum Gasteiger partial charge on any atom is -0.493 e. The van der Waals surface area contributed by atoms with Crippen LogP contribution in [-0.4, -0.2) is 122 Å². The van der Waals surface area contributed by atoms with Crippen molar-refractivity contribution in [3.05, 3.63) is 47.5 Å². The number of fused-ring (bicyclic) bond motifs is 1. The van der Waals surface area contributed by atoms with Gasteiger partial charge in [0.15, 0.2) is 34.6 Å². The zero-order valence-corrected chi connectivity index (χ0v) is 39.5. The largest absolute Gasteiger partial charge is 0.493 e. The third-order valence-corrected chi connectivity index (χ3v) is 8.67. The van der Waals surface area contributed by atoms with E-state index in [-0.39, 0.29) is 38.1 Å². The van der Waals surface area contributed by atoms with Gasteiger partial charge in [-0.1, -0.05) is 12.1 Å². The first-order chi connectivity index (χ1) is 31.2.